The Labute approximate surface area is 182 Å². The number of fused-ring (bicyclic) bond motifs is 1. The van der Waals surface area contributed by atoms with Crippen molar-refractivity contribution in [1.29, 1.82) is 0 Å². The van der Waals surface area contributed by atoms with Crippen LogP contribution in [-0.2, 0) is 20.1 Å². The molecule has 3 aromatic heterocycles. The average molecular weight is 417 g/mol. The minimum atomic E-state index is -0.0551. The standard InChI is InChI=1S/C24H28N6O/c1-7-30-14-19(16(3)27-30)13-28(5)24(31)20-12-21(18-10-8-15(2)9-11-18)25-23-22(20)17(4)26-29(23)6/h8-12,14H,7,13H2,1-6H3. The zero-order valence-electron chi connectivity index (χ0n) is 19.0. The lowest BCUT2D eigenvalue weighted by atomic mass is 10.0. The fraction of sp³-hybridized carbons (Fsp3) is 0.333. The second kappa shape index (κ2) is 7.98. The Morgan fingerprint density at radius 3 is 2.42 bits per heavy atom. The number of carbonyl (C=O) groups excluding carboxylic acids is 1. The van der Waals surface area contributed by atoms with E-state index in [-0.39, 0.29) is 5.91 Å². The van der Waals surface area contributed by atoms with Gasteiger partial charge in [0.1, 0.15) is 0 Å². The van der Waals surface area contributed by atoms with E-state index >= 15 is 0 Å². The molecule has 31 heavy (non-hydrogen) atoms. The quantitative estimate of drug-likeness (QED) is 0.492. The molecule has 0 aliphatic rings. The molecule has 4 rings (SSSR count). The molecule has 0 spiro atoms. The molecule has 0 N–H and O–H groups in total. The van der Waals surface area contributed by atoms with E-state index in [2.05, 4.69) is 36.2 Å². The van der Waals surface area contributed by atoms with E-state index in [0.717, 1.165) is 40.1 Å². The Morgan fingerprint density at radius 2 is 1.77 bits per heavy atom. The van der Waals surface area contributed by atoms with Gasteiger partial charge in [-0.1, -0.05) is 29.8 Å². The third-order valence-electron chi connectivity index (χ3n) is 5.67. The van der Waals surface area contributed by atoms with E-state index in [0.29, 0.717) is 17.8 Å². The summed E-state index contributed by atoms with van der Waals surface area (Å²) in [6.45, 7) is 9.30. The number of aryl methyl sites for hydroxylation is 5. The van der Waals surface area contributed by atoms with E-state index in [4.69, 9.17) is 4.98 Å². The van der Waals surface area contributed by atoms with Crippen molar-refractivity contribution >= 4 is 16.9 Å². The van der Waals surface area contributed by atoms with Gasteiger partial charge in [0.05, 0.1) is 28.0 Å². The first-order chi connectivity index (χ1) is 14.8. The Bertz CT molecular complexity index is 1270. The van der Waals surface area contributed by atoms with Gasteiger partial charge in [-0.3, -0.25) is 14.2 Å². The van der Waals surface area contributed by atoms with Crippen LogP contribution in [0.4, 0.5) is 0 Å². The molecule has 7 nitrogen and oxygen atoms in total. The van der Waals surface area contributed by atoms with E-state index in [9.17, 15) is 4.79 Å². The predicted molar refractivity (Wildman–Crippen MR) is 122 cm³/mol. The fourth-order valence-electron chi connectivity index (χ4n) is 3.89. The van der Waals surface area contributed by atoms with E-state index in [1.54, 1.807) is 9.58 Å². The average Bonchev–Trinajstić information content (AvgIpc) is 3.25. The van der Waals surface area contributed by atoms with Gasteiger partial charge in [-0.25, -0.2) is 4.98 Å². The number of aromatic nitrogens is 5. The number of hydrogen-bond donors (Lipinski definition) is 0. The van der Waals surface area contributed by atoms with Gasteiger partial charge in [0.15, 0.2) is 5.65 Å². The molecule has 0 fully saturated rings. The summed E-state index contributed by atoms with van der Waals surface area (Å²) in [5, 5.41) is 9.82. The summed E-state index contributed by atoms with van der Waals surface area (Å²) in [4.78, 5) is 20.2. The molecule has 0 saturated heterocycles. The molecule has 1 amide bonds. The number of rotatable bonds is 5. The summed E-state index contributed by atoms with van der Waals surface area (Å²) >= 11 is 0. The van der Waals surface area contributed by atoms with Gasteiger partial charge in [0.25, 0.3) is 5.91 Å². The number of hydrogen-bond acceptors (Lipinski definition) is 4. The van der Waals surface area contributed by atoms with E-state index < -0.39 is 0 Å². The molecular formula is C24H28N6O. The van der Waals surface area contributed by atoms with Crippen LogP contribution in [0.2, 0.25) is 0 Å². The van der Waals surface area contributed by atoms with Crippen LogP contribution in [0.3, 0.4) is 0 Å². The van der Waals surface area contributed by atoms with Gasteiger partial charge in [-0.15, -0.1) is 0 Å². The van der Waals surface area contributed by atoms with Crippen molar-refractivity contribution < 1.29 is 4.79 Å². The third-order valence-corrected chi connectivity index (χ3v) is 5.67. The molecule has 0 atom stereocenters. The summed E-state index contributed by atoms with van der Waals surface area (Å²) in [5.74, 6) is -0.0551. The molecule has 1 aromatic carbocycles. The SMILES string of the molecule is CCn1cc(CN(C)C(=O)c2cc(-c3ccc(C)cc3)nc3c2c(C)nn3C)c(C)n1. The molecule has 0 radical (unpaired) electrons. The third kappa shape index (κ3) is 3.83. The van der Waals surface area contributed by atoms with Crippen LogP contribution in [0.15, 0.2) is 36.5 Å². The Morgan fingerprint density at radius 1 is 1.06 bits per heavy atom. The fourth-order valence-corrected chi connectivity index (χ4v) is 3.89. The van der Waals surface area contributed by atoms with Crippen molar-refractivity contribution in [3.63, 3.8) is 0 Å². The molecule has 0 unspecified atom stereocenters. The van der Waals surface area contributed by atoms with Crippen molar-refractivity contribution in [1.82, 2.24) is 29.4 Å². The maximum Gasteiger partial charge on any atom is 0.254 e. The normalized spacial score (nSPS) is 11.3. The first kappa shape index (κ1) is 20.8. The van der Waals surface area contributed by atoms with Crippen LogP contribution < -0.4 is 0 Å². The number of pyridine rings is 1. The molecule has 7 heteroatoms. The zero-order valence-corrected chi connectivity index (χ0v) is 19.0. The van der Waals surface area contributed by atoms with Crippen LogP contribution in [0, 0.1) is 20.8 Å². The van der Waals surface area contributed by atoms with Crippen molar-refractivity contribution in [3.8, 4) is 11.3 Å². The van der Waals surface area contributed by atoms with Crippen molar-refractivity contribution in [2.45, 2.75) is 40.8 Å². The van der Waals surface area contributed by atoms with Gasteiger partial charge in [0, 0.05) is 44.5 Å². The van der Waals surface area contributed by atoms with Crippen molar-refractivity contribution in [2.24, 2.45) is 7.05 Å². The smallest absolute Gasteiger partial charge is 0.254 e. The second-order valence-electron chi connectivity index (χ2n) is 8.09. The molecular weight excluding hydrogens is 388 g/mol. The summed E-state index contributed by atoms with van der Waals surface area (Å²) in [7, 11) is 3.69. The number of carbonyl (C=O) groups is 1. The van der Waals surface area contributed by atoms with Gasteiger partial charge in [0.2, 0.25) is 0 Å². The van der Waals surface area contributed by atoms with Gasteiger partial charge in [-0.05, 0) is 33.8 Å². The summed E-state index contributed by atoms with van der Waals surface area (Å²) in [5.41, 5.74) is 7.04. The van der Waals surface area contributed by atoms with Crippen LogP contribution in [0.5, 0.6) is 0 Å². The highest BCUT2D eigenvalue weighted by Gasteiger charge is 2.22. The number of amides is 1. The summed E-state index contributed by atoms with van der Waals surface area (Å²) in [6, 6.07) is 10.1. The van der Waals surface area contributed by atoms with Crippen LogP contribution in [-0.4, -0.2) is 42.4 Å². The van der Waals surface area contributed by atoms with Gasteiger partial charge in [-0.2, -0.15) is 10.2 Å². The number of nitrogens with zero attached hydrogens (tertiary/aromatic N) is 6. The van der Waals surface area contributed by atoms with Gasteiger partial charge >= 0.3 is 0 Å². The molecule has 3 heterocycles. The maximum absolute atomic E-state index is 13.6. The van der Waals surface area contributed by atoms with E-state index in [1.165, 1.54) is 5.56 Å². The molecule has 0 aliphatic heterocycles. The first-order valence-corrected chi connectivity index (χ1v) is 10.5. The Kier molecular flexibility index (Phi) is 5.35. The largest absolute Gasteiger partial charge is 0.337 e. The molecule has 0 saturated carbocycles. The summed E-state index contributed by atoms with van der Waals surface area (Å²) < 4.78 is 3.64. The number of benzene rings is 1. The minimum Gasteiger partial charge on any atom is -0.337 e. The molecule has 0 bridgehead atoms. The zero-order chi connectivity index (χ0) is 22.3. The van der Waals surface area contributed by atoms with Crippen LogP contribution >= 0.6 is 0 Å². The van der Waals surface area contributed by atoms with Gasteiger partial charge < -0.3 is 4.90 Å². The van der Waals surface area contributed by atoms with Crippen molar-refractivity contribution in [2.75, 3.05) is 7.05 Å². The van der Waals surface area contributed by atoms with Crippen molar-refractivity contribution in [3.05, 3.63) is 64.6 Å². The molecule has 160 valence electrons. The lowest BCUT2D eigenvalue weighted by Gasteiger charge is -2.18. The topological polar surface area (TPSA) is 68.8 Å². The maximum atomic E-state index is 13.6. The molecule has 0 aliphatic carbocycles. The van der Waals surface area contributed by atoms with Crippen LogP contribution in [0.1, 0.15) is 39.8 Å². The summed E-state index contributed by atoms with van der Waals surface area (Å²) in [6.07, 6.45) is 2.01. The Hall–Kier alpha value is -3.48. The Balaban J connectivity index is 1.78. The highest BCUT2D eigenvalue weighted by molar-refractivity contribution is 6.07. The monoisotopic (exact) mass is 416 g/mol. The minimum absolute atomic E-state index is 0.0551. The highest BCUT2D eigenvalue weighted by Crippen LogP contribution is 2.28. The van der Waals surface area contributed by atoms with E-state index in [1.807, 2.05) is 57.0 Å². The molecule has 4 aromatic rings. The predicted octanol–water partition coefficient (Wildman–Crippen LogP) is 4.05. The lowest BCUT2D eigenvalue weighted by molar-refractivity contribution is 0.0786. The lowest BCUT2D eigenvalue weighted by Crippen LogP contribution is -2.26. The second-order valence-corrected chi connectivity index (χ2v) is 8.09. The first-order valence-electron chi connectivity index (χ1n) is 10.5. The van der Waals surface area contributed by atoms with Crippen LogP contribution in [0.25, 0.3) is 22.3 Å². The highest BCUT2D eigenvalue weighted by atomic mass is 16.2.